The van der Waals surface area contributed by atoms with Gasteiger partial charge >= 0.3 is 0 Å². The van der Waals surface area contributed by atoms with Crippen molar-refractivity contribution in [1.29, 1.82) is 0 Å². The van der Waals surface area contributed by atoms with E-state index in [1.807, 2.05) is 19.0 Å². The predicted molar refractivity (Wildman–Crippen MR) is 66.3 cm³/mol. The molecule has 0 atom stereocenters. The molecular formula is C9H15N3S2. The van der Waals surface area contributed by atoms with Crippen molar-refractivity contribution in [3.05, 3.63) is 10.6 Å². The van der Waals surface area contributed by atoms with Gasteiger partial charge in [0, 0.05) is 14.1 Å². The predicted octanol–water partition coefficient (Wildman–Crippen LogP) is 1.80. The normalized spacial score (nSPS) is 10.2. The third kappa shape index (κ3) is 2.42. The van der Waals surface area contributed by atoms with Gasteiger partial charge in [-0.2, -0.15) is 0 Å². The molecule has 1 aromatic rings. The van der Waals surface area contributed by atoms with Crippen LogP contribution in [0.2, 0.25) is 0 Å². The van der Waals surface area contributed by atoms with Crippen molar-refractivity contribution >= 4 is 33.7 Å². The first-order valence-corrected chi connectivity index (χ1v) is 5.75. The molecule has 0 aliphatic carbocycles. The zero-order valence-electron chi connectivity index (χ0n) is 8.70. The van der Waals surface area contributed by atoms with Crippen molar-refractivity contribution in [3.8, 4) is 0 Å². The highest BCUT2D eigenvalue weighted by atomic mass is 32.1. The summed E-state index contributed by atoms with van der Waals surface area (Å²) in [7, 11) is 3.94. The molecule has 1 heterocycles. The topological polar surface area (TPSA) is 42.2 Å². The molecule has 0 fully saturated rings. The zero-order valence-corrected chi connectivity index (χ0v) is 10.3. The van der Waals surface area contributed by atoms with Crippen LogP contribution in [-0.4, -0.2) is 24.1 Å². The molecule has 1 rings (SSSR count). The second-order valence-electron chi connectivity index (χ2n) is 3.28. The standard InChI is InChI=1S/C9H15N3S2/c1-4-5-6-7(8(10)13)14-9(11-6)12(2)3/h4-5H2,1-3H3,(H2,10,13). The lowest BCUT2D eigenvalue weighted by atomic mass is 10.2. The lowest BCUT2D eigenvalue weighted by Crippen LogP contribution is -2.09. The lowest BCUT2D eigenvalue weighted by Gasteiger charge is -2.05. The van der Waals surface area contributed by atoms with E-state index in [1.54, 1.807) is 11.3 Å². The van der Waals surface area contributed by atoms with Gasteiger partial charge in [-0.3, -0.25) is 0 Å². The first-order chi connectivity index (χ1) is 6.56. The van der Waals surface area contributed by atoms with Gasteiger partial charge < -0.3 is 10.6 Å². The second-order valence-corrected chi connectivity index (χ2v) is 4.70. The molecule has 14 heavy (non-hydrogen) atoms. The largest absolute Gasteiger partial charge is 0.389 e. The van der Waals surface area contributed by atoms with Crippen molar-refractivity contribution in [2.45, 2.75) is 19.8 Å². The van der Waals surface area contributed by atoms with Gasteiger partial charge in [0.1, 0.15) is 4.99 Å². The average molecular weight is 229 g/mol. The summed E-state index contributed by atoms with van der Waals surface area (Å²) in [6, 6.07) is 0. The number of hydrogen-bond acceptors (Lipinski definition) is 4. The maximum absolute atomic E-state index is 5.64. The molecule has 0 unspecified atom stereocenters. The molecule has 2 N–H and O–H groups in total. The molecule has 5 heteroatoms. The quantitative estimate of drug-likeness (QED) is 0.799. The van der Waals surface area contributed by atoms with Crippen LogP contribution in [0, 0.1) is 0 Å². The van der Waals surface area contributed by atoms with Crippen molar-refractivity contribution in [1.82, 2.24) is 4.98 Å². The summed E-state index contributed by atoms with van der Waals surface area (Å²) in [4.78, 5) is 7.90. The van der Waals surface area contributed by atoms with E-state index < -0.39 is 0 Å². The van der Waals surface area contributed by atoms with E-state index in [0.717, 1.165) is 28.5 Å². The summed E-state index contributed by atoms with van der Waals surface area (Å²) in [5, 5.41) is 0.969. The van der Waals surface area contributed by atoms with Gasteiger partial charge in [-0.1, -0.05) is 36.9 Å². The number of thiocarbonyl (C=S) groups is 1. The molecule has 0 radical (unpaired) electrons. The third-order valence-corrected chi connectivity index (χ3v) is 3.41. The van der Waals surface area contributed by atoms with Gasteiger partial charge in [0.25, 0.3) is 0 Å². The summed E-state index contributed by atoms with van der Waals surface area (Å²) < 4.78 is 0. The van der Waals surface area contributed by atoms with Crippen LogP contribution in [0.1, 0.15) is 23.9 Å². The molecular weight excluding hydrogens is 214 g/mol. The van der Waals surface area contributed by atoms with E-state index >= 15 is 0 Å². The van der Waals surface area contributed by atoms with Crippen LogP contribution in [0.3, 0.4) is 0 Å². The van der Waals surface area contributed by atoms with E-state index in [-0.39, 0.29) is 0 Å². The van der Waals surface area contributed by atoms with Crippen LogP contribution in [0.4, 0.5) is 5.13 Å². The van der Waals surface area contributed by atoms with Crippen LogP contribution < -0.4 is 10.6 Å². The zero-order chi connectivity index (χ0) is 10.7. The molecule has 0 saturated carbocycles. The molecule has 0 aliphatic rings. The number of nitrogens with zero attached hydrogens (tertiary/aromatic N) is 2. The Labute approximate surface area is 93.9 Å². The molecule has 0 saturated heterocycles. The Morgan fingerprint density at radius 1 is 1.57 bits per heavy atom. The fourth-order valence-corrected chi connectivity index (χ4v) is 2.26. The van der Waals surface area contributed by atoms with Crippen molar-refractivity contribution in [3.63, 3.8) is 0 Å². The fourth-order valence-electron chi connectivity index (χ4n) is 1.13. The minimum Gasteiger partial charge on any atom is -0.389 e. The van der Waals surface area contributed by atoms with E-state index in [4.69, 9.17) is 18.0 Å². The van der Waals surface area contributed by atoms with Gasteiger partial charge in [0.15, 0.2) is 5.13 Å². The van der Waals surface area contributed by atoms with E-state index in [1.165, 1.54) is 0 Å². The van der Waals surface area contributed by atoms with Crippen molar-refractivity contribution in [2.24, 2.45) is 5.73 Å². The monoisotopic (exact) mass is 229 g/mol. The Morgan fingerprint density at radius 3 is 2.64 bits per heavy atom. The summed E-state index contributed by atoms with van der Waals surface area (Å²) >= 11 is 6.56. The molecule has 0 bridgehead atoms. The SMILES string of the molecule is CCCc1nc(N(C)C)sc1C(N)=S. The summed E-state index contributed by atoms with van der Waals surface area (Å²) in [6.45, 7) is 2.12. The van der Waals surface area contributed by atoms with Crippen LogP contribution in [0.15, 0.2) is 0 Å². The Kier molecular flexibility index (Phi) is 3.83. The van der Waals surface area contributed by atoms with Gasteiger partial charge in [0.05, 0.1) is 10.6 Å². The highest BCUT2D eigenvalue weighted by molar-refractivity contribution is 7.81. The van der Waals surface area contributed by atoms with Crippen molar-refractivity contribution in [2.75, 3.05) is 19.0 Å². The summed E-state index contributed by atoms with van der Waals surface area (Å²) in [6.07, 6.45) is 2.00. The first kappa shape index (κ1) is 11.4. The maximum atomic E-state index is 5.64. The molecule has 3 nitrogen and oxygen atoms in total. The third-order valence-electron chi connectivity index (χ3n) is 1.78. The van der Waals surface area contributed by atoms with Crippen molar-refractivity contribution < 1.29 is 0 Å². The number of anilines is 1. The summed E-state index contributed by atoms with van der Waals surface area (Å²) in [5.41, 5.74) is 6.68. The van der Waals surface area contributed by atoms with Gasteiger partial charge in [-0.05, 0) is 6.42 Å². The molecule has 78 valence electrons. The molecule has 0 amide bonds. The Balaban J connectivity index is 3.05. The van der Waals surface area contributed by atoms with E-state index in [2.05, 4.69) is 11.9 Å². The molecule has 0 aromatic carbocycles. The molecule has 1 aromatic heterocycles. The first-order valence-electron chi connectivity index (χ1n) is 4.53. The lowest BCUT2D eigenvalue weighted by molar-refractivity contribution is 0.886. The Hall–Kier alpha value is -0.680. The van der Waals surface area contributed by atoms with E-state index in [9.17, 15) is 0 Å². The Bertz CT molecular complexity index is 331. The maximum Gasteiger partial charge on any atom is 0.185 e. The number of aromatic nitrogens is 1. The van der Waals surface area contributed by atoms with Gasteiger partial charge in [0.2, 0.25) is 0 Å². The Morgan fingerprint density at radius 2 is 2.21 bits per heavy atom. The highest BCUT2D eigenvalue weighted by Gasteiger charge is 2.13. The minimum atomic E-state index is 0.457. The number of hydrogen-bond donors (Lipinski definition) is 1. The van der Waals surface area contributed by atoms with E-state index in [0.29, 0.717) is 4.99 Å². The highest BCUT2D eigenvalue weighted by Crippen LogP contribution is 2.25. The van der Waals surface area contributed by atoms with Gasteiger partial charge in [-0.15, -0.1) is 0 Å². The van der Waals surface area contributed by atoms with Crippen LogP contribution in [0.25, 0.3) is 0 Å². The number of rotatable bonds is 4. The van der Waals surface area contributed by atoms with Crippen LogP contribution >= 0.6 is 23.6 Å². The molecule has 0 spiro atoms. The van der Waals surface area contributed by atoms with Gasteiger partial charge in [-0.25, -0.2) is 4.98 Å². The number of thiazole rings is 1. The summed E-state index contributed by atoms with van der Waals surface area (Å²) in [5.74, 6) is 0. The van der Waals surface area contributed by atoms with Crippen LogP contribution in [0.5, 0.6) is 0 Å². The molecule has 0 aliphatic heterocycles. The van der Waals surface area contributed by atoms with Crippen LogP contribution in [-0.2, 0) is 6.42 Å². The minimum absolute atomic E-state index is 0.457. The fraction of sp³-hybridized carbons (Fsp3) is 0.556. The second kappa shape index (κ2) is 4.70. The number of nitrogens with two attached hydrogens (primary N) is 1. The smallest absolute Gasteiger partial charge is 0.185 e. The number of aryl methyl sites for hydroxylation is 1. The average Bonchev–Trinajstić information content (AvgIpc) is 2.49.